The Hall–Kier alpha value is -1.98. The molecule has 0 bridgehead atoms. The van der Waals surface area contributed by atoms with E-state index < -0.39 is 0 Å². The monoisotopic (exact) mass is 343 g/mol. The van der Waals surface area contributed by atoms with Crippen LogP contribution in [0.15, 0.2) is 53.4 Å². The third-order valence-electron chi connectivity index (χ3n) is 3.10. The maximum absolute atomic E-state index is 5.88. The molecule has 0 saturated heterocycles. The number of aromatic nitrogens is 2. The van der Waals surface area contributed by atoms with E-state index in [-0.39, 0.29) is 0 Å². The lowest BCUT2D eigenvalue weighted by Gasteiger charge is -2.11. The maximum Gasteiger partial charge on any atom is 0.227 e. The molecule has 0 fully saturated rings. The van der Waals surface area contributed by atoms with Crippen molar-refractivity contribution >= 4 is 26.7 Å². The Kier molecular flexibility index (Phi) is 4.13. The summed E-state index contributed by atoms with van der Waals surface area (Å²) in [6.45, 7) is 0.770. The van der Waals surface area contributed by atoms with Crippen molar-refractivity contribution in [2.24, 2.45) is 0 Å². The number of halogens is 1. The SMILES string of the molecule is CNCc1cnc(Oc2cncc(Br)c2)c2ccccc12. The zero-order valence-electron chi connectivity index (χ0n) is 11.5. The Bertz CT molecular complexity index is 776. The highest BCUT2D eigenvalue weighted by Crippen LogP contribution is 2.30. The van der Waals surface area contributed by atoms with E-state index in [9.17, 15) is 0 Å². The minimum absolute atomic E-state index is 0.588. The zero-order chi connectivity index (χ0) is 14.7. The first-order chi connectivity index (χ1) is 10.3. The van der Waals surface area contributed by atoms with Crippen LogP contribution in [0, 0.1) is 0 Å². The van der Waals surface area contributed by atoms with Crippen molar-refractivity contribution in [2.75, 3.05) is 7.05 Å². The van der Waals surface area contributed by atoms with Crippen molar-refractivity contribution in [1.82, 2.24) is 15.3 Å². The first kappa shape index (κ1) is 14.0. The highest BCUT2D eigenvalue weighted by Gasteiger charge is 2.09. The second kappa shape index (κ2) is 6.20. The van der Waals surface area contributed by atoms with Gasteiger partial charge in [-0.15, -0.1) is 0 Å². The van der Waals surface area contributed by atoms with Gasteiger partial charge in [-0.3, -0.25) is 4.98 Å². The number of ether oxygens (including phenoxy) is 1. The van der Waals surface area contributed by atoms with E-state index in [0.29, 0.717) is 11.6 Å². The van der Waals surface area contributed by atoms with E-state index >= 15 is 0 Å². The molecule has 0 amide bonds. The number of pyridine rings is 2. The van der Waals surface area contributed by atoms with Crippen LogP contribution in [0.3, 0.4) is 0 Å². The van der Waals surface area contributed by atoms with Gasteiger partial charge < -0.3 is 10.1 Å². The standard InChI is InChI=1S/C16H14BrN3O/c1-18-7-11-8-20-16(15-5-3-2-4-14(11)15)21-13-6-12(17)9-19-10-13/h2-6,8-10,18H,7H2,1H3. The molecule has 1 N–H and O–H groups in total. The smallest absolute Gasteiger partial charge is 0.227 e. The molecule has 0 aliphatic rings. The van der Waals surface area contributed by atoms with Gasteiger partial charge in [-0.1, -0.05) is 18.2 Å². The van der Waals surface area contributed by atoms with Crippen LogP contribution in [0.4, 0.5) is 0 Å². The number of benzene rings is 1. The van der Waals surface area contributed by atoms with Crippen molar-refractivity contribution in [2.45, 2.75) is 6.54 Å². The summed E-state index contributed by atoms with van der Waals surface area (Å²) in [6.07, 6.45) is 5.23. The summed E-state index contributed by atoms with van der Waals surface area (Å²) in [5.41, 5.74) is 1.15. The molecule has 0 aliphatic heterocycles. The van der Waals surface area contributed by atoms with Crippen molar-refractivity contribution < 1.29 is 4.74 Å². The fourth-order valence-corrected chi connectivity index (χ4v) is 2.54. The largest absolute Gasteiger partial charge is 0.437 e. The summed E-state index contributed by atoms with van der Waals surface area (Å²) >= 11 is 3.39. The van der Waals surface area contributed by atoms with Crippen LogP contribution in [-0.2, 0) is 6.54 Å². The van der Waals surface area contributed by atoms with E-state index in [2.05, 4.69) is 37.3 Å². The number of hydrogen-bond donors (Lipinski definition) is 1. The molecule has 21 heavy (non-hydrogen) atoms. The second-order valence-corrected chi connectivity index (χ2v) is 5.52. The number of fused-ring (bicyclic) bond motifs is 1. The van der Waals surface area contributed by atoms with Gasteiger partial charge in [-0.05, 0) is 46.1 Å². The summed E-state index contributed by atoms with van der Waals surface area (Å²) in [7, 11) is 1.92. The van der Waals surface area contributed by atoms with E-state index in [4.69, 9.17) is 4.74 Å². The predicted octanol–water partition coefficient (Wildman–Crippen LogP) is 3.90. The van der Waals surface area contributed by atoms with Gasteiger partial charge in [0.15, 0.2) is 0 Å². The van der Waals surface area contributed by atoms with E-state index in [1.807, 2.05) is 37.5 Å². The number of hydrogen-bond acceptors (Lipinski definition) is 4. The quantitative estimate of drug-likeness (QED) is 0.780. The lowest BCUT2D eigenvalue weighted by molar-refractivity contribution is 0.466. The zero-order valence-corrected chi connectivity index (χ0v) is 13.1. The van der Waals surface area contributed by atoms with Gasteiger partial charge in [0.2, 0.25) is 5.88 Å². The van der Waals surface area contributed by atoms with Crippen LogP contribution in [0.25, 0.3) is 10.8 Å². The Morgan fingerprint density at radius 1 is 1.14 bits per heavy atom. The topological polar surface area (TPSA) is 47.0 Å². The van der Waals surface area contributed by atoms with Crippen LogP contribution < -0.4 is 10.1 Å². The molecule has 1 aromatic carbocycles. The molecule has 3 rings (SSSR count). The molecule has 2 aromatic heterocycles. The molecule has 3 aromatic rings. The van der Waals surface area contributed by atoms with Crippen molar-refractivity contribution in [3.05, 3.63) is 59.0 Å². The third-order valence-corrected chi connectivity index (χ3v) is 3.54. The molecule has 2 heterocycles. The van der Waals surface area contributed by atoms with Gasteiger partial charge in [-0.25, -0.2) is 4.98 Å². The molecule has 0 atom stereocenters. The summed E-state index contributed by atoms with van der Waals surface area (Å²) in [5, 5.41) is 5.29. The fourth-order valence-electron chi connectivity index (χ4n) is 2.20. The van der Waals surface area contributed by atoms with Gasteiger partial charge in [0.05, 0.1) is 6.20 Å². The molecule has 5 heteroatoms. The number of rotatable bonds is 4. The molecular weight excluding hydrogens is 330 g/mol. The minimum atomic E-state index is 0.588. The van der Waals surface area contributed by atoms with Crippen LogP contribution in [-0.4, -0.2) is 17.0 Å². The minimum Gasteiger partial charge on any atom is -0.437 e. The Morgan fingerprint density at radius 3 is 2.71 bits per heavy atom. The van der Waals surface area contributed by atoms with Crippen LogP contribution in [0.5, 0.6) is 11.6 Å². The van der Waals surface area contributed by atoms with Crippen molar-refractivity contribution in [3.63, 3.8) is 0 Å². The third kappa shape index (κ3) is 3.04. The highest BCUT2D eigenvalue weighted by molar-refractivity contribution is 9.10. The highest BCUT2D eigenvalue weighted by atomic mass is 79.9. The Balaban J connectivity index is 2.05. The summed E-state index contributed by atoms with van der Waals surface area (Å²) in [6, 6.07) is 9.97. The van der Waals surface area contributed by atoms with E-state index in [1.165, 1.54) is 0 Å². The van der Waals surface area contributed by atoms with Crippen LogP contribution in [0.1, 0.15) is 5.56 Å². The molecule has 0 radical (unpaired) electrons. The second-order valence-electron chi connectivity index (χ2n) is 4.61. The Labute approximate surface area is 131 Å². The predicted molar refractivity (Wildman–Crippen MR) is 86.5 cm³/mol. The fraction of sp³-hybridized carbons (Fsp3) is 0.125. The maximum atomic E-state index is 5.88. The summed E-state index contributed by atoms with van der Waals surface area (Å²) in [4.78, 5) is 8.54. The lowest BCUT2D eigenvalue weighted by atomic mass is 10.1. The molecule has 0 saturated carbocycles. The number of nitrogens with zero attached hydrogens (tertiary/aromatic N) is 2. The number of nitrogens with one attached hydrogen (secondary N) is 1. The van der Waals surface area contributed by atoms with Crippen molar-refractivity contribution in [1.29, 1.82) is 0 Å². The van der Waals surface area contributed by atoms with Crippen LogP contribution in [0.2, 0.25) is 0 Å². The van der Waals surface area contributed by atoms with Crippen LogP contribution >= 0.6 is 15.9 Å². The molecule has 0 unspecified atom stereocenters. The normalized spacial score (nSPS) is 10.8. The lowest BCUT2D eigenvalue weighted by Crippen LogP contribution is -2.06. The summed E-state index contributed by atoms with van der Waals surface area (Å²) < 4.78 is 6.75. The molecule has 0 aliphatic carbocycles. The summed E-state index contributed by atoms with van der Waals surface area (Å²) in [5.74, 6) is 1.24. The molecule has 4 nitrogen and oxygen atoms in total. The van der Waals surface area contributed by atoms with E-state index in [1.54, 1.807) is 12.4 Å². The van der Waals surface area contributed by atoms with E-state index in [0.717, 1.165) is 27.4 Å². The molecule has 106 valence electrons. The Morgan fingerprint density at radius 2 is 1.95 bits per heavy atom. The van der Waals surface area contributed by atoms with Gasteiger partial charge in [-0.2, -0.15) is 0 Å². The van der Waals surface area contributed by atoms with Crippen molar-refractivity contribution in [3.8, 4) is 11.6 Å². The molecule has 0 spiro atoms. The van der Waals surface area contributed by atoms with Gasteiger partial charge in [0, 0.05) is 28.8 Å². The van der Waals surface area contributed by atoms with Gasteiger partial charge in [0.25, 0.3) is 0 Å². The average Bonchev–Trinajstić information content (AvgIpc) is 2.50. The first-order valence-electron chi connectivity index (χ1n) is 6.57. The molecular formula is C16H14BrN3O. The average molecular weight is 344 g/mol. The first-order valence-corrected chi connectivity index (χ1v) is 7.37. The van der Waals surface area contributed by atoms with Gasteiger partial charge in [0.1, 0.15) is 5.75 Å². The van der Waals surface area contributed by atoms with Gasteiger partial charge >= 0.3 is 0 Å².